The molecule has 2 aromatic carbocycles. The van der Waals surface area contributed by atoms with Crippen LogP contribution in [0.15, 0.2) is 54.1 Å². The van der Waals surface area contributed by atoms with Gasteiger partial charge in [0.2, 0.25) is 0 Å². The first kappa shape index (κ1) is 13.6. The van der Waals surface area contributed by atoms with Crippen molar-refractivity contribution < 1.29 is 4.79 Å². The van der Waals surface area contributed by atoms with E-state index in [2.05, 4.69) is 0 Å². The Morgan fingerprint density at radius 1 is 1.11 bits per heavy atom. The Bertz CT molecular complexity index is 627. The van der Waals surface area contributed by atoms with E-state index in [4.69, 9.17) is 11.6 Å². The summed E-state index contributed by atoms with van der Waals surface area (Å²) in [5.41, 5.74) is 3.35. The summed E-state index contributed by atoms with van der Waals surface area (Å²) in [5.74, 6) is 0.0252. The third-order valence-electron chi connectivity index (χ3n) is 2.92. The Hall–Kier alpha value is -1.86. The number of carbonyl (C=O) groups excluding carboxylic acids is 1. The number of hydrogen-bond acceptors (Lipinski definition) is 1. The second-order valence-electron chi connectivity index (χ2n) is 4.55. The van der Waals surface area contributed by atoms with Crippen molar-refractivity contribution in [2.45, 2.75) is 13.8 Å². The second-order valence-corrected chi connectivity index (χ2v) is 4.95. The summed E-state index contributed by atoms with van der Waals surface area (Å²) in [7, 11) is 0. The maximum Gasteiger partial charge on any atom is 0.188 e. The summed E-state index contributed by atoms with van der Waals surface area (Å²) in [4.78, 5) is 12.2. The van der Waals surface area contributed by atoms with E-state index < -0.39 is 0 Å². The number of halogens is 1. The second kappa shape index (κ2) is 5.85. The zero-order valence-corrected chi connectivity index (χ0v) is 11.7. The van der Waals surface area contributed by atoms with Gasteiger partial charge in [0, 0.05) is 10.6 Å². The Kier molecular flexibility index (Phi) is 4.18. The minimum atomic E-state index is 0.0252. The first-order valence-electron chi connectivity index (χ1n) is 6.12. The molecule has 0 N–H and O–H groups in total. The lowest BCUT2D eigenvalue weighted by atomic mass is 10.0. The molecule has 0 bridgehead atoms. The molecule has 0 aliphatic carbocycles. The molecular formula is C17H15ClO. The number of rotatable bonds is 3. The lowest BCUT2D eigenvalue weighted by Crippen LogP contribution is -2.00. The number of carbonyl (C=O) groups is 1. The molecule has 0 saturated carbocycles. The summed E-state index contributed by atoms with van der Waals surface area (Å²) >= 11 is 6.17. The number of hydrogen-bond donors (Lipinski definition) is 0. The molecule has 2 aromatic rings. The first-order valence-corrected chi connectivity index (χ1v) is 6.50. The van der Waals surface area contributed by atoms with Gasteiger partial charge in [-0.05, 0) is 42.7 Å². The molecule has 0 saturated heterocycles. The van der Waals surface area contributed by atoms with E-state index in [-0.39, 0.29) is 5.78 Å². The molecule has 0 atom stereocenters. The highest BCUT2D eigenvalue weighted by Crippen LogP contribution is 2.21. The third kappa shape index (κ3) is 3.33. The van der Waals surface area contributed by atoms with Gasteiger partial charge in [-0.25, -0.2) is 0 Å². The van der Waals surface area contributed by atoms with Crippen LogP contribution < -0.4 is 0 Å². The van der Waals surface area contributed by atoms with E-state index in [9.17, 15) is 4.79 Å². The molecule has 2 rings (SSSR count). The fourth-order valence-corrected chi connectivity index (χ4v) is 2.15. The van der Waals surface area contributed by atoms with Crippen molar-refractivity contribution in [2.75, 3.05) is 0 Å². The van der Waals surface area contributed by atoms with E-state index in [1.807, 2.05) is 68.5 Å². The normalized spacial score (nSPS) is 11.4. The highest BCUT2D eigenvalue weighted by Gasteiger charge is 2.08. The quantitative estimate of drug-likeness (QED) is 0.571. The molecule has 0 radical (unpaired) electrons. The van der Waals surface area contributed by atoms with Crippen molar-refractivity contribution in [2.24, 2.45) is 0 Å². The summed E-state index contributed by atoms with van der Waals surface area (Å²) in [6.45, 7) is 3.80. The Labute approximate surface area is 118 Å². The van der Waals surface area contributed by atoms with Crippen molar-refractivity contribution in [1.82, 2.24) is 0 Å². The van der Waals surface area contributed by atoms with Gasteiger partial charge in [0.1, 0.15) is 0 Å². The van der Waals surface area contributed by atoms with Gasteiger partial charge in [-0.3, -0.25) is 4.79 Å². The first-order chi connectivity index (χ1) is 9.08. The van der Waals surface area contributed by atoms with Crippen LogP contribution in [-0.2, 0) is 0 Å². The Morgan fingerprint density at radius 2 is 1.79 bits per heavy atom. The standard InChI is InChI=1S/C17H15ClO/c1-12-8-9-15(16(18)10-12)11-13(2)17(19)14-6-4-3-5-7-14/h3-11H,1-2H3/b13-11+. The lowest BCUT2D eigenvalue weighted by molar-refractivity contribution is 0.103. The maximum absolute atomic E-state index is 12.2. The van der Waals surface area contributed by atoms with Gasteiger partial charge in [0.25, 0.3) is 0 Å². The van der Waals surface area contributed by atoms with Crippen LogP contribution in [-0.4, -0.2) is 5.78 Å². The molecule has 0 aliphatic rings. The van der Waals surface area contributed by atoms with Crippen LogP contribution >= 0.6 is 11.6 Å². The van der Waals surface area contributed by atoms with Crippen molar-refractivity contribution in [3.63, 3.8) is 0 Å². The van der Waals surface area contributed by atoms with Crippen molar-refractivity contribution in [3.8, 4) is 0 Å². The van der Waals surface area contributed by atoms with Gasteiger partial charge >= 0.3 is 0 Å². The topological polar surface area (TPSA) is 17.1 Å². The van der Waals surface area contributed by atoms with E-state index in [1.54, 1.807) is 0 Å². The average molecular weight is 271 g/mol. The summed E-state index contributed by atoms with van der Waals surface area (Å²) in [6, 6.07) is 15.1. The Balaban J connectivity index is 2.31. The van der Waals surface area contributed by atoms with Gasteiger partial charge in [-0.2, -0.15) is 0 Å². The molecule has 0 heterocycles. The van der Waals surface area contributed by atoms with Crippen LogP contribution in [0.3, 0.4) is 0 Å². The van der Waals surface area contributed by atoms with Gasteiger partial charge in [0.05, 0.1) is 0 Å². The smallest absolute Gasteiger partial charge is 0.188 e. The zero-order chi connectivity index (χ0) is 13.8. The number of Topliss-reactive ketones (excluding diaryl/α,β-unsaturated/α-hetero) is 1. The monoisotopic (exact) mass is 270 g/mol. The minimum absolute atomic E-state index is 0.0252. The molecule has 0 fully saturated rings. The van der Waals surface area contributed by atoms with E-state index in [1.165, 1.54) is 0 Å². The molecular weight excluding hydrogens is 256 g/mol. The number of benzene rings is 2. The van der Waals surface area contributed by atoms with Gasteiger partial charge < -0.3 is 0 Å². The van der Waals surface area contributed by atoms with Crippen LogP contribution in [0.25, 0.3) is 6.08 Å². The zero-order valence-electron chi connectivity index (χ0n) is 11.0. The Morgan fingerprint density at radius 3 is 2.42 bits per heavy atom. The van der Waals surface area contributed by atoms with Gasteiger partial charge in [-0.1, -0.05) is 54.1 Å². The molecule has 1 nitrogen and oxygen atoms in total. The fraction of sp³-hybridized carbons (Fsp3) is 0.118. The van der Waals surface area contributed by atoms with Crippen molar-refractivity contribution in [3.05, 3.63) is 75.8 Å². The predicted molar refractivity (Wildman–Crippen MR) is 80.6 cm³/mol. The molecule has 0 amide bonds. The molecule has 0 unspecified atom stereocenters. The van der Waals surface area contributed by atoms with E-state index >= 15 is 0 Å². The van der Waals surface area contributed by atoms with Crippen LogP contribution in [0.4, 0.5) is 0 Å². The van der Waals surface area contributed by atoms with Crippen LogP contribution in [0.1, 0.15) is 28.4 Å². The van der Waals surface area contributed by atoms with Crippen molar-refractivity contribution >= 4 is 23.5 Å². The summed E-state index contributed by atoms with van der Waals surface area (Å²) < 4.78 is 0. The fourth-order valence-electron chi connectivity index (χ4n) is 1.87. The van der Waals surface area contributed by atoms with E-state index in [0.717, 1.165) is 11.1 Å². The molecule has 96 valence electrons. The van der Waals surface area contributed by atoms with Crippen LogP contribution in [0.2, 0.25) is 5.02 Å². The highest BCUT2D eigenvalue weighted by atomic mass is 35.5. The van der Waals surface area contributed by atoms with Crippen LogP contribution in [0, 0.1) is 6.92 Å². The van der Waals surface area contributed by atoms with Crippen LogP contribution in [0.5, 0.6) is 0 Å². The molecule has 0 aromatic heterocycles. The maximum atomic E-state index is 12.2. The minimum Gasteiger partial charge on any atom is -0.289 e. The average Bonchev–Trinajstić information content (AvgIpc) is 2.42. The third-order valence-corrected chi connectivity index (χ3v) is 3.25. The van der Waals surface area contributed by atoms with Gasteiger partial charge in [-0.15, -0.1) is 0 Å². The van der Waals surface area contributed by atoms with Gasteiger partial charge in [0.15, 0.2) is 5.78 Å². The van der Waals surface area contributed by atoms with Crippen molar-refractivity contribution in [1.29, 1.82) is 0 Å². The lowest BCUT2D eigenvalue weighted by Gasteiger charge is -2.04. The predicted octanol–water partition coefficient (Wildman–Crippen LogP) is 4.93. The molecule has 2 heteroatoms. The summed E-state index contributed by atoms with van der Waals surface area (Å²) in [5, 5.41) is 0.667. The van der Waals surface area contributed by atoms with E-state index in [0.29, 0.717) is 16.2 Å². The largest absolute Gasteiger partial charge is 0.289 e. The highest BCUT2D eigenvalue weighted by molar-refractivity contribution is 6.32. The number of allylic oxidation sites excluding steroid dienone is 1. The summed E-state index contributed by atoms with van der Waals surface area (Å²) in [6.07, 6.45) is 1.83. The number of aryl methyl sites for hydroxylation is 1. The number of ketones is 1. The molecule has 0 aliphatic heterocycles. The SMILES string of the molecule is C/C(=C\c1ccc(C)cc1Cl)C(=O)c1ccccc1. The molecule has 19 heavy (non-hydrogen) atoms. The molecule has 0 spiro atoms.